The maximum absolute atomic E-state index is 11.1. The first kappa shape index (κ1) is 14.9. The Hall–Kier alpha value is -2.17. The predicted molar refractivity (Wildman–Crippen MR) is 79.1 cm³/mol. The van der Waals surface area contributed by atoms with Crippen LogP contribution in [0.4, 0.5) is 11.4 Å². The number of nitrogens with one attached hydrogen (secondary N) is 1. The van der Waals surface area contributed by atoms with Crippen LogP contribution >= 0.6 is 0 Å². The number of anilines is 1. The molecule has 5 heteroatoms. The highest BCUT2D eigenvalue weighted by molar-refractivity contribution is 5.79. The van der Waals surface area contributed by atoms with Gasteiger partial charge in [-0.2, -0.15) is 0 Å². The highest BCUT2D eigenvalue weighted by atomic mass is 16.6. The molecule has 1 rings (SSSR count). The summed E-state index contributed by atoms with van der Waals surface area (Å²) in [5.41, 5.74) is 1.86. The highest BCUT2D eigenvalue weighted by Crippen LogP contribution is 2.31. The third kappa shape index (κ3) is 3.64. The highest BCUT2D eigenvalue weighted by Gasteiger charge is 2.19. The van der Waals surface area contributed by atoms with Crippen molar-refractivity contribution in [2.24, 2.45) is 0 Å². The van der Waals surface area contributed by atoms with Crippen molar-refractivity contribution >= 4 is 23.5 Å². The van der Waals surface area contributed by atoms with Gasteiger partial charge in [-0.1, -0.05) is 32.1 Å². The maximum Gasteiger partial charge on any atom is 0.311 e. The molecule has 1 aromatic rings. The van der Waals surface area contributed by atoms with Crippen LogP contribution in [0.1, 0.15) is 37.9 Å². The number of aromatic nitrogens is 1. The van der Waals surface area contributed by atoms with Gasteiger partial charge in [0.25, 0.3) is 0 Å². The number of hydrogen-bond donors (Lipinski definition) is 1. The minimum Gasteiger partial charge on any atom is -0.379 e. The van der Waals surface area contributed by atoms with Gasteiger partial charge in [-0.05, 0) is 19.4 Å². The Morgan fingerprint density at radius 1 is 1.58 bits per heavy atom. The average Bonchev–Trinajstić information content (AvgIpc) is 2.40. The van der Waals surface area contributed by atoms with Gasteiger partial charge in [0.15, 0.2) is 0 Å². The van der Waals surface area contributed by atoms with Gasteiger partial charge < -0.3 is 5.32 Å². The Labute approximate surface area is 113 Å². The van der Waals surface area contributed by atoms with Crippen LogP contribution < -0.4 is 5.32 Å². The van der Waals surface area contributed by atoms with E-state index in [2.05, 4.69) is 23.8 Å². The van der Waals surface area contributed by atoms with Gasteiger partial charge in [-0.25, -0.2) is 4.98 Å². The molecule has 1 heterocycles. The first-order valence-corrected chi connectivity index (χ1v) is 6.32. The zero-order valence-electron chi connectivity index (χ0n) is 11.3. The minimum absolute atomic E-state index is 0.00481. The number of hydrogen-bond acceptors (Lipinski definition) is 4. The van der Waals surface area contributed by atoms with Crippen LogP contribution in [0, 0.1) is 10.1 Å². The third-order valence-corrected chi connectivity index (χ3v) is 2.68. The average molecular weight is 261 g/mol. The van der Waals surface area contributed by atoms with E-state index in [1.165, 1.54) is 6.20 Å². The Morgan fingerprint density at radius 2 is 2.32 bits per heavy atom. The lowest BCUT2D eigenvalue weighted by Gasteiger charge is -2.11. The summed E-state index contributed by atoms with van der Waals surface area (Å²) in [5, 5.41) is 14.2. The Bertz CT molecular complexity index is 496. The van der Waals surface area contributed by atoms with Crippen LogP contribution in [-0.2, 0) is 0 Å². The molecule has 0 saturated carbocycles. The van der Waals surface area contributed by atoms with Crippen molar-refractivity contribution < 1.29 is 4.92 Å². The summed E-state index contributed by atoms with van der Waals surface area (Å²) in [5.74, 6) is 0. The van der Waals surface area contributed by atoms with E-state index in [1.807, 2.05) is 19.1 Å². The molecule has 0 aromatic carbocycles. The van der Waals surface area contributed by atoms with E-state index in [9.17, 15) is 10.1 Å². The Kier molecular flexibility index (Phi) is 5.73. The fourth-order valence-electron chi connectivity index (χ4n) is 1.74. The standard InChI is InChI=1S/C14H19N3O2/c1-4-7-9-15-14-11(8-5-2)12(6-3)16-10-13(14)17(18)19/h5-6,8,10H,3-4,7,9H2,1-2H3,(H,15,16)/b8-5-. The molecule has 0 fully saturated rings. The van der Waals surface area contributed by atoms with E-state index in [0.29, 0.717) is 23.5 Å². The number of pyridine rings is 1. The van der Waals surface area contributed by atoms with Crippen molar-refractivity contribution in [1.82, 2.24) is 4.98 Å². The molecular formula is C14H19N3O2. The SMILES string of the molecule is C=Cc1ncc([N+](=O)[O-])c(NCCCC)c1/C=C\C. The second-order valence-corrected chi connectivity index (χ2v) is 4.06. The van der Waals surface area contributed by atoms with Crippen molar-refractivity contribution in [1.29, 1.82) is 0 Å². The molecule has 0 aliphatic rings. The quantitative estimate of drug-likeness (QED) is 0.459. The van der Waals surface area contributed by atoms with E-state index < -0.39 is 4.92 Å². The summed E-state index contributed by atoms with van der Waals surface area (Å²) in [6.45, 7) is 8.33. The summed E-state index contributed by atoms with van der Waals surface area (Å²) < 4.78 is 0. The van der Waals surface area contributed by atoms with Crippen molar-refractivity contribution in [2.45, 2.75) is 26.7 Å². The molecular weight excluding hydrogens is 242 g/mol. The fourth-order valence-corrected chi connectivity index (χ4v) is 1.74. The fraction of sp³-hybridized carbons (Fsp3) is 0.357. The zero-order chi connectivity index (χ0) is 14.3. The number of nitro groups is 1. The molecule has 1 N–H and O–H groups in total. The molecule has 0 spiro atoms. The molecule has 0 radical (unpaired) electrons. The summed E-state index contributed by atoms with van der Waals surface area (Å²) in [4.78, 5) is 14.7. The normalized spacial score (nSPS) is 10.6. The van der Waals surface area contributed by atoms with Crippen molar-refractivity contribution in [3.05, 3.63) is 40.2 Å². The largest absolute Gasteiger partial charge is 0.379 e. The van der Waals surface area contributed by atoms with E-state index in [4.69, 9.17) is 0 Å². The van der Waals surface area contributed by atoms with Crippen LogP contribution in [0.25, 0.3) is 12.2 Å². The molecule has 19 heavy (non-hydrogen) atoms. The van der Waals surface area contributed by atoms with Crippen LogP contribution in [0.2, 0.25) is 0 Å². The lowest BCUT2D eigenvalue weighted by Crippen LogP contribution is -2.07. The van der Waals surface area contributed by atoms with Crippen LogP contribution in [0.5, 0.6) is 0 Å². The number of allylic oxidation sites excluding steroid dienone is 1. The van der Waals surface area contributed by atoms with Gasteiger partial charge >= 0.3 is 5.69 Å². The predicted octanol–water partition coefficient (Wildman–Crippen LogP) is 3.88. The van der Waals surface area contributed by atoms with E-state index >= 15 is 0 Å². The second kappa shape index (κ2) is 7.31. The summed E-state index contributed by atoms with van der Waals surface area (Å²) in [7, 11) is 0. The van der Waals surface area contributed by atoms with Gasteiger partial charge in [-0.15, -0.1) is 0 Å². The second-order valence-electron chi connectivity index (χ2n) is 4.06. The molecule has 0 unspecified atom stereocenters. The van der Waals surface area contributed by atoms with Gasteiger partial charge in [0.2, 0.25) is 0 Å². The first-order chi connectivity index (χ1) is 9.15. The van der Waals surface area contributed by atoms with Crippen molar-refractivity contribution in [3.8, 4) is 0 Å². The van der Waals surface area contributed by atoms with E-state index in [0.717, 1.165) is 12.8 Å². The Morgan fingerprint density at radius 3 is 2.84 bits per heavy atom. The first-order valence-electron chi connectivity index (χ1n) is 6.32. The Balaban J connectivity index is 3.31. The number of rotatable bonds is 7. The van der Waals surface area contributed by atoms with Crippen LogP contribution in [-0.4, -0.2) is 16.5 Å². The monoisotopic (exact) mass is 261 g/mol. The molecule has 5 nitrogen and oxygen atoms in total. The van der Waals surface area contributed by atoms with Crippen LogP contribution in [0.15, 0.2) is 18.9 Å². The minimum atomic E-state index is -0.416. The van der Waals surface area contributed by atoms with Gasteiger partial charge in [0.05, 0.1) is 10.6 Å². The van der Waals surface area contributed by atoms with Crippen molar-refractivity contribution in [3.63, 3.8) is 0 Å². The van der Waals surface area contributed by atoms with Gasteiger partial charge in [0.1, 0.15) is 11.9 Å². The molecule has 0 atom stereocenters. The lowest BCUT2D eigenvalue weighted by molar-refractivity contribution is -0.384. The zero-order valence-corrected chi connectivity index (χ0v) is 11.3. The summed E-state index contributed by atoms with van der Waals surface area (Å²) >= 11 is 0. The summed E-state index contributed by atoms with van der Waals surface area (Å²) in [6, 6.07) is 0. The van der Waals surface area contributed by atoms with E-state index in [-0.39, 0.29) is 5.69 Å². The smallest absolute Gasteiger partial charge is 0.311 e. The maximum atomic E-state index is 11.1. The number of unbranched alkanes of at least 4 members (excludes halogenated alkanes) is 1. The van der Waals surface area contributed by atoms with Gasteiger partial charge in [0, 0.05) is 12.1 Å². The van der Waals surface area contributed by atoms with Gasteiger partial charge in [-0.3, -0.25) is 10.1 Å². The molecule has 1 aromatic heterocycles. The topological polar surface area (TPSA) is 68.1 Å². The molecule has 0 saturated heterocycles. The number of nitrogens with zero attached hydrogens (tertiary/aromatic N) is 2. The molecule has 0 bridgehead atoms. The molecule has 0 aliphatic carbocycles. The summed E-state index contributed by atoms with van der Waals surface area (Å²) in [6.07, 6.45) is 8.50. The van der Waals surface area contributed by atoms with E-state index in [1.54, 1.807) is 6.08 Å². The molecule has 0 aliphatic heterocycles. The lowest BCUT2D eigenvalue weighted by atomic mass is 10.1. The third-order valence-electron chi connectivity index (χ3n) is 2.68. The molecule has 102 valence electrons. The molecule has 0 amide bonds. The van der Waals surface area contributed by atoms with Crippen molar-refractivity contribution in [2.75, 3.05) is 11.9 Å². The van der Waals surface area contributed by atoms with Crippen LogP contribution in [0.3, 0.4) is 0 Å².